The lowest BCUT2D eigenvalue weighted by Gasteiger charge is -2.50. The third kappa shape index (κ3) is 5.97. The molecule has 4 atom stereocenters. The molecule has 2 amide bonds. The summed E-state index contributed by atoms with van der Waals surface area (Å²) in [5.74, 6) is 0.000822. The molecule has 0 bridgehead atoms. The number of carbonyl (C=O) groups excluding carboxylic acids is 2. The fourth-order valence-electron chi connectivity index (χ4n) is 6.42. The topological polar surface area (TPSA) is 74.6 Å². The number of halogens is 1. The van der Waals surface area contributed by atoms with Crippen LogP contribution in [0.25, 0.3) is 0 Å². The zero-order chi connectivity index (χ0) is 29.3. The highest BCUT2D eigenvalue weighted by atomic mass is 79.9. The maximum atomic E-state index is 14.1. The van der Waals surface area contributed by atoms with Crippen LogP contribution in [0.5, 0.6) is 0 Å². The number of aromatic nitrogens is 3. The predicted molar refractivity (Wildman–Crippen MR) is 163 cm³/mol. The molecule has 8 nitrogen and oxygen atoms in total. The highest BCUT2D eigenvalue weighted by molar-refractivity contribution is 9.10. The van der Waals surface area contributed by atoms with Gasteiger partial charge in [0.2, 0.25) is 5.91 Å². The Morgan fingerprint density at radius 1 is 1.07 bits per heavy atom. The van der Waals surface area contributed by atoms with Gasteiger partial charge in [-0.25, -0.2) is 4.68 Å². The number of hydrogen-bond donors (Lipinski definition) is 0. The lowest BCUT2D eigenvalue weighted by Crippen LogP contribution is -2.66. The zero-order valence-electron chi connectivity index (χ0n) is 24.8. The van der Waals surface area contributed by atoms with Crippen LogP contribution >= 0.6 is 15.9 Å². The minimum absolute atomic E-state index is 0.0588. The molecule has 1 unspecified atom stereocenters. The Morgan fingerprint density at radius 3 is 2.46 bits per heavy atom. The van der Waals surface area contributed by atoms with Crippen molar-refractivity contribution < 1.29 is 9.59 Å². The first-order chi connectivity index (χ1) is 19.6. The predicted octanol–water partition coefficient (Wildman–Crippen LogP) is 5.46. The van der Waals surface area contributed by atoms with E-state index in [4.69, 9.17) is 0 Å². The van der Waals surface area contributed by atoms with Gasteiger partial charge in [-0.3, -0.25) is 14.5 Å². The van der Waals surface area contributed by atoms with Gasteiger partial charge in [0, 0.05) is 48.3 Å². The van der Waals surface area contributed by atoms with Gasteiger partial charge in [-0.1, -0.05) is 51.5 Å². The van der Waals surface area contributed by atoms with Gasteiger partial charge in [0.25, 0.3) is 5.91 Å². The van der Waals surface area contributed by atoms with Gasteiger partial charge < -0.3 is 9.80 Å². The quantitative estimate of drug-likeness (QED) is 0.366. The number of carbonyl (C=O) groups is 2. The molecule has 0 radical (unpaired) electrons. The van der Waals surface area contributed by atoms with Crippen LogP contribution in [-0.2, 0) is 11.3 Å². The maximum absolute atomic E-state index is 14.1. The van der Waals surface area contributed by atoms with Gasteiger partial charge in [-0.15, -0.1) is 5.10 Å². The zero-order valence-corrected chi connectivity index (χ0v) is 26.3. The van der Waals surface area contributed by atoms with E-state index in [1.165, 1.54) is 11.1 Å². The van der Waals surface area contributed by atoms with E-state index in [1.807, 2.05) is 57.9 Å². The summed E-state index contributed by atoms with van der Waals surface area (Å²) in [5.41, 5.74) is 3.10. The van der Waals surface area contributed by atoms with E-state index >= 15 is 0 Å². The molecule has 9 heteroatoms. The summed E-state index contributed by atoms with van der Waals surface area (Å²) >= 11 is 3.58. The van der Waals surface area contributed by atoms with Crippen molar-refractivity contribution in [2.45, 2.75) is 84.1 Å². The Balaban J connectivity index is 1.26. The van der Waals surface area contributed by atoms with E-state index in [2.05, 4.69) is 77.0 Å². The third-order valence-corrected chi connectivity index (χ3v) is 9.86. The average Bonchev–Trinajstić information content (AvgIpc) is 3.44. The maximum Gasteiger partial charge on any atom is 0.254 e. The van der Waals surface area contributed by atoms with Crippen molar-refractivity contribution in [1.82, 2.24) is 29.7 Å². The molecule has 2 aromatic carbocycles. The van der Waals surface area contributed by atoms with Crippen molar-refractivity contribution in [2.24, 2.45) is 0 Å². The summed E-state index contributed by atoms with van der Waals surface area (Å²) in [6.45, 7) is 13.0. The van der Waals surface area contributed by atoms with Crippen LogP contribution in [-0.4, -0.2) is 78.8 Å². The average molecular weight is 622 g/mol. The number of hydrogen-bond acceptors (Lipinski definition) is 5. The molecule has 1 aromatic heterocycles. The Hall–Kier alpha value is -3.04. The first-order valence-electron chi connectivity index (χ1n) is 14.7. The summed E-state index contributed by atoms with van der Waals surface area (Å²) < 4.78 is 3.02. The number of nitrogens with zero attached hydrogens (tertiary/aromatic N) is 6. The smallest absolute Gasteiger partial charge is 0.254 e. The SMILES string of the molecule is Cc1cc([C@H](C)n2cc(CN3[C@H](C)CN(C(=O)C4(C)CCCCN4C(=O)c4ccccc4)C[C@@H]3C)nn2)ccc1Br. The van der Waals surface area contributed by atoms with Crippen molar-refractivity contribution in [3.8, 4) is 0 Å². The summed E-state index contributed by atoms with van der Waals surface area (Å²) in [7, 11) is 0. The van der Waals surface area contributed by atoms with E-state index in [-0.39, 0.29) is 29.9 Å². The van der Waals surface area contributed by atoms with Crippen LogP contribution in [0.4, 0.5) is 0 Å². The third-order valence-electron chi connectivity index (χ3n) is 8.97. The highest BCUT2D eigenvalue weighted by Crippen LogP contribution is 2.33. The Labute approximate surface area is 251 Å². The molecule has 0 spiro atoms. The molecule has 0 saturated carbocycles. The first-order valence-corrected chi connectivity index (χ1v) is 15.5. The van der Waals surface area contributed by atoms with E-state index in [1.54, 1.807) is 0 Å². The summed E-state index contributed by atoms with van der Waals surface area (Å²) in [6.07, 6.45) is 4.59. The van der Waals surface area contributed by atoms with Crippen molar-refractivity contribution in [3.05, 3.63) is 81.6 Å². The first kappa shape index (κ1) is 29.5. The largest absolute Gasteiger partial charge is 0.338 e. The monoisotopic (exact) mass is 620 g/mol. The van der Waals surface area contributed by atoms with Crippen molar-refractivity contribution >= 4 is 27.7 Å². The van der Waals surface area contributed by atoms with Gasteiger partial charge in [-0.2, -0.15) is 0 Å². The van der Waals surface area contributed by atoms with Gasteiger partial charge in [-0.05, 0) is 83.2 Å². The molecule has 2 aliphatic rings. The number of rotatable bonds is 6. The minimum atomic E-state index is -0.836. The molecule has 5 rings (SSSR count). The second-order valence-electron chi connectivity index (χ2n) is 12.0. The normalized spacial score (nSPS) is 24.3. The number of amides is 2. The molecule has 218 valence electrons. The lowest BCUT2D eigenvalue weighted by molar-refractivity contribution is -0.148. The van der Waals surface area contributed by atoms with E-state index in [0.29, 0.717) is 38.2 Å². The number of aryl methyl sites for hydroxylation is 1. The second-order valence-corrected chi connectivity index (χ2v) is 12.9. The highest BCUT2D eigenvalue weighted by Gasteiger charge is 2.47. The molecule has 2 aliphatic heterocycles. The van der Waals surface area contributed by atoms with Gasteiger partial charge >= 0.3 is 0 Å². The van der Waals surface area contributed by atoms with Gasteiger partial charge in [0.05, 0.1) is 17.9 Å². The molecule has 0 N–H and O–H groups in total. The van der Waals surface area contributed by atoms with Crippen LogP contribution in [0.1, 0.15) is 80.2 Å². The Kier molecular flexibility index (Phi) is 8.66. The van der Waals surface area contributed by atoms with Gasteiger partial charge in [0.1, 0.15) is 5.54 Å². The van der Waals surface area contributed by atoms with E-state index < -0.39 is 5.54 Å². The minimum Gasteiger partial charge on any atom is -0.338 e. The molecule has 2 saturated heterocycles. The lowest BCUT2D eigenvalue weighted by atomic mass is 9.85. The molecule has 3 heterocycles. The van der Waals surface area contributed by atoms with Crippen LogP contribution in [0.3, 0.4) is 0 Å². The molecule has 2 fully saturated rings. The summed E-state index contributed by atoms with van der Waals surface area (Å²) in [5, 5.41) is 8.95. The van der Waals surface area contributed by atoms with Crippen LogP contribution in [0.2, 0.25) is 0 Å². The van der Waals surface area contributed by atoms with Crippen molar-refractivity contribution in [2.75, 3.05) is 19.6 Å². The Bertz CT molecular complexity index is 1380. The van der Waals surface area contributed by atoms with Crippen LogP contribution < -0.4 is 0 Å². The molecular formula is C32H41BrN6O2. The van der Waals surface area contributed by atoms with E-state index in [9.17, 15) is 9.59 Å². The van der Waals surface area contributed by atoms with Crippen molar-refractivity contribution in [3.63, 3.8) is 0 Å². The number of piperazine rings is 1. The summed E-state index contributed by atoms with van der Waals surface area (Å²) in [4.78, 5) is 33.8. The Morgan fingerprint density at radius 2 is 1.78 bits per heavy atom. The fourth-order valence-corrected chi connectivity index (χ4v) is 6.67. The van der Waals surface area contributed by atoms with Crippen molar-refractivity contribution in [1.29, 1.82) is 0 Å². The number of likely N-dealkylation sites (tertiary alicyclic amines) is 1. The van der Waals surface area contributed by atoms with Gasteiger partial charge in [0.15, 0.2) is 0 Å². The van der Waals surface area contributed by atoms with Crippen LogP contribution in [0, 0.1) is 6.92 Å². The van der Waals surface area contributed by atoms with E-state index in [0.717, 1.165) is 23.0 Å². The molecule has 41 heavy (non-hydrogen) atoms. The molecule has 0 aliphatic carbocycles. The fraction of sp³-hybridized carbons (Fsp3) is 0.500. The molecular weight excluding hydrogens is 580 g/mol. The molecule has 3 aromatic rings. The summed E-state index contributed by atoms with van der Waals surface area (Å²) in [6, 6.07) is 16.1. The standard InChI is InChI=1S/C32H41BrN6O2/c1-22-17-27(13-14-29(22)33)25(4)39-21-28(34-35-39)20-37-23(2)18-36(19-24(37)3)31(41)32(5)15-9-10-16-38(32)30(40)26-11-7-6-8-12-26/h6-8,11-14,17,21,23-25H,9-10,15-16,18-20H2,1-5H3/t23-,24+,25-,32?/m0/s1. The second kappa shape index (κ2) is 12.1. The number of benzene rings is 2. The van der Waals surface area contributed by atoms with Crippen LogP contribution in [0.15, 0.2) is 59.2 Å². The number of piperidine rings is 1.